The normalized spacial score (nSPS) is 12.7. The molecular formula is C11H11ClN2O. The molecule has 0 fully saturated rings. The van der Waals surface area contributed by atoms with Gasteiger partial charge in [0.15, 0.2) is 0 Å². The van der Waals surface area contributed by atoms with Crippen LogP contribution in [-0.4, -0.2) is 21.2 Å². The van der Waals surface area contributed by atoms with E-state index >= 15 is 0 Å². The highest BCUT2D eigenvalue weighted by atomic mass is 35.5. The van der Waals surface area contributed by atoms with Crippen LogP contribution >= 0.6 is 11.6 Å². The molecular weight excluding hydrogens is 212 g/mol. The first kappa shape index (κ1) is 10.2. The van der Waals surface area contributed by atoms with Crippen molar-refractivity contribution in [3.05, 3.63) is 42.1 Å². The summed E-state index contributed by atoms with van der Waals surface area (Å²) < 4.78 is 0. The van der Waals surface area contributed by atoms with Crippen molar-refractivity contribution < 1.29 is 5.11 Å². The first-order chi connectivity index (χ1) is 7.33. The lowest BCUT2D eigenvalue weighted by molar-refractivity contribution is 0.203. The van der Waals surface area contributed by atoms with E-state index in [1.807, 2.05) is 30.3 Å². The van der Waals surface area contributed by atoms with Gasteiger partial charge in [-0.3, -0.25) is 5.10 Å². The molecule has 78 valence electrons. The second kappa shape index (κ2) is 4.47. The van der Waals surface area contributed by atoms with Crippen LogP contribution in [0.25, 0.3) is 11.3 Å². The number of hydrogen-bond donors (Lipinski definition) is 2. The van der Waals surface area contributed by atoms with Crippen LogP contribution in [0.3, 0.4) is 0 Å². The van der Waals surface area contributed by atoms with Gasteiger partial charge in [-0.05, 0) is 5.56 Å². The molecule has 4 heteroatoms. The van der Waals surface area contributed by atoms with Gasteiger partial charge >= 0.3 is 0 Å². The molecule has 0 radical (unpaired) electrons. The van der Waals surface area contributed by atoms with Gasteiger partial charge in [-0.1, -0.05) is 30.3 Å². The maximum Gasteiger partial charge on any atom is 0.0961 e. The van der Waals surface area contributed by atoms with Crippen LogP contribution in [0.4, 0.5) is 0 Å². The van der Waals surface area contributed by atoms with Crippen LogP contribution < -0.4 is 0 Å². The summed E-state index contributed by atoms with van der Waals surface area (Å²) in [6, 6.07) is 9.73. The Morgan fingerprint density at radius 1 is 1.33 bits per heavy atom. The Kier molecular flexibility index (Phi) is 3.04. The van der Waals surface area contributed by atoms with Gasteiger partial charge in [-0.15, -0.1) is 11.6 Å². The molecule has 1 heterocycles. The molecule has 3 nitrogen and oxygen atoms in total. The highest BCUT2D eigenvalue weighted by molar-refractivity contribution is 6.18. The Labute approximate surface area is 92.7 Å². The van der Waals surface area contributed by atoms with E-state index < -0.39 is 6.10 Å². The minimum absolute atomic E-state index is 0.166. The number of nitrogens with zero attached hydrogens (tertiary/aromatic N) is 1. The van der Waals surface area contributed by atoms with E-state index in [0.29, 0.717) is 0 Å². The van der Waals surface area contributed by atoms with E-state index in [-0.39, 0.29) is 5.88 Å². The number of rotatable bonds is 3. The highest BCUT2D eigenvalue weighted by Crippen LogP contribution is 2.26. The van der Waals surface area contributed by atoms with Crippen molar-refractivity contribution in [1.82, 2.24) is 10.2 Å². The van der Waals surface area contributed by atoms with Gasteiger partial charge in [0.25, 0.3) is 0 Å². The molecule has 15 heavy (non-hydrogen) atoms. The summed E-state index contributed by atoms with van der Waals surface area (Å²) in [5.74, 6) is 0.166. The lowest BCUT2D eigenvalue weighted by Crippen LogP contribution is -1.98. The maximum absolute atomic E-state index is 9.67. The Balaban J connectivity index is 2.41. The quantitative estimate of drug-likeness (QED) is 0.784. The molecule has 2 rings (SSSR count). The molecule has 1 unspecified atom stereocenters. The fraction of sp³-hybridized carbons (Fsp3) is 0.182. The van der Waals surface area contributed by atoms with Crippen LogP contribution in [-0.2, 0) is 0 Å². The van der Waals surface area contributed by atoms with Gasteiger partial charge in [0, 0.05) is 5.56 Å². The van der Waals surface area contributed by atoms with E-state index in [2.05, 4.69) is 10.2 Å². The Hall–Kier alpha value is -1.32. The molecule has 2 N–H and O–H groups in total. The van der Waals surface area contributed by atoms with Crippen molar-refractivity contribution in [2.24, 2.45) is 0 Å². The SMILES string of the molecule is OC(CCl)c1cn[nH]c1-c1ccccc1. The molecule has 1 aromatic heterocycles. The van der Waals surface area contributed by atoms with Crippen LogP contribution in [0.2, 0.25) is 0 Å². The molecule has 0 saturated carbocycles. The lowest BCUT2D eigenvalue weighted by Gasteiger charge is -2.07. The van der Waals surface area contributed by atoms with Crippen molar-refractivity contribution in [3.63, 3.8) is 0 Å². The first-order valence-corrected chi connectivity index (χ1v) is 5.19. The Morgan fingerprint density at radius 3 is 2.73 bits per heavy atom. The largest absolute Gasteiger partial charge is 0.387 e. The highest BCUT2D eigenvalue weighted by Gasteiger charge is 2.14. The van der Waals surface area contributed by atoms with Gasteiger partial charge in [0.1, 0.15) is 0 Å². The topological polar surface area (TPSA) is 48.9 Å². The monoisotopic (exact) mass is 222 g/mol. The Morgan fingerprint density at radius 2 is 2.07 bits per heavy atom. The summed E-state index contributed by atoms with van der Waals surface area (Å²) in [6.07, 6.45) is 0.927. The van der Waals surface area contributed by atoms with Crippen molar-refractivity contribution in [1.29, 1.82) is 0 Å². The van der Waals surface area contributed by atoms with Crippen molar-refractivity contribution in [2.45, 2.75) is 6.10 Å². The zero-order chi connectivity index (χ0) is 10.7. The molecule has 1 atom stereocenters. The summed E-state index contributed by atoms with van der Waals surface area (Å²) in [7, 11) is 0. The molecule has 0 saturated heterocycles. The Bertz CT molecular complexity index is 427. The number of aromatic amines is 1. The number of benzene rings is 1. The van der Waals surface area contributed by atoms with Gasteiger partial charge in [0.2, 0.25) is 0 Å². The smallest absolute Gasteiger partial charge is 0.0961 e. The number of nitrogens with one attached hydrogen (secondary N) is 1. The number of aromatic nitrogens is 2. The minimum Gasteiger partial charge on any atom is -0.387 e. The van der Waals surface area contributed by atoms with Crippen LogP contribution in [0.1, 0.15) is 11.7 Å². The fourth-order valence-electron chi connectivity index (χ4n) is 1.47. The summed E-state index contributed by atoms with van der Waals surface area (Å²) in [5, 5.41) is 16.5. The second-order valence-electron chi connectivity index (χ2n) is 3.24. The molecule has 0 aliphatic rings. The second-order valence-corrected chi connectivity index (χ2v) is 3.55. The zero-order valence-electron chi connectivity index (χ0n) is 8.02. The van der Waals surface area contributed by atoms with Gasteiger partial charge in [0.05, 0.1) is 23.9 Å². The number of aliphatic hydroxyl groups excluding tert-OH is 1. The summed E-state index contributed by atoms with van der Waals surface area (Å²) >= 11 is 5.61. The molecule has 0 bridgehead atoms. The third kappa shape index (κ3) is 2.03. The third-order valence-corrected chi connectivity index (χ3v) is 2.53. The van der Waals surface area contributed by atoms with Crippen molar-refractivity contribution in [3.8, 4) is 11.3 Å². The van der Waals surface area contributed by atoms with Gasteiger partial charge in [-0.2, -0.15) is 5.10 Å². The van der Waals surface area contributed by atoms with Crippen molar-refractivity contribution >= 4 is 11.6 Å². The number of halogens is 1. The zero-order valence-corrected chi connectivity index (χ0v) is 8.78. The number of H-pyrrole nitrogens is 1. The molecule has 0 spiro atoms. The van der Waals surface area contributed by atoms with E-state index in [1.54, 1.807) is 6.20 Å². The van der Waals surface area contributed by atoms with Crippen LogP contribution in [0.5, 0.6) is 0 Å². The van der Waals surface area contributed by atoms with Crippen LogP contribution in [0, 0.1) is 0 Å². The predicted molar refractivity (Wildman–Crippen MR) is 59.7 cm³/mol. The average Bonchev–Trinajstić information content (AvgIpc) is 2.78. The molecule has 1 aromatic carbocycles. The molecule has 0 aliphatic carbocycles. The average molecular weight is 223 g/mol. The number of aliphatic hydroxyl groups is 1. The summed E-state index contributed by atoms with van der Waals surface area (Å²) in [6.45, 7) is 0. The lowest BCUT2D eigenvalue weighted by atomic mass is 10.1. The number of hydrogen-bond acceptors (Lipinski definition) is 2. The first-order valence-electron chi connectivity index (χ1n) is 4.65. The summed E-state index contributed by atoms with van der Waals surface area (Å²) in [4.78, 5) is 0. The minimum atomic E-state index is -0.680. The summed E-state index contributed by atoms with van der Waals surface area (Å²) in [5.41, 5.74) is 2.55. The van der Waals surface area contributed by atoms with Crippen molar-refractivity contribution in [2.75, 3.05) is 5.88 Å². The van der Waals surface area contributed by atoms with Gasteiger partial charge in [-0.25, -0.2) is 0 Å². The van der Waals surface area contributed by atoms with E-state index in [1.165, 1.54) is 0 Å². The third-order valence-electron chi connectivity index (χ3n) is 2.24. The van der Waals surface area contributed by atoms with E-state index in [9.17, 15) is 5.11 Å². The molecule has 0 aliphatic heterocycles. The van der Waals surface area contributed by atoms with E-state index in [4.69, 9.17) is 11.6 Å². The predicted octanol–water partition coefficient (Wildman–Crippen LogP) is 2.35. The molecule has 0 amide bonds. The standard InChI is InChI=1S/C11H11ClN2O/c12-6-10(15)9-7-13-14-11(9)8-4-2-1-3-5-8/h1-5,7,10,15H,6H2,(H,13,14). The molecule has 2 aromatic rings. The number of alkyl halides is 1. The van der Waals surface area contributed by atoms with E-state index in [0.717, 1.165) is 16.8 Å². The van der Waals surface area contributed by atoms with Crippen LogP contribution in [0.15, 0.2) is 36.5 Å². The van der Waals surface area contributed by atoms with Gasteiger partial charge < -0.3 is 5.11 Å². The maximum atomic E-state index is 9.67. The fourth-order valence-corrected chi connectivity index (χ4v) is 1.63.